The number of rotatable bonds is 3. The molecule has 116 valence electrons. The zero-order chi connectivity index (χ0) is 15.4. The van der Waals surface area contributed by atoms with Crippen LogP contribution in [0.2, 0.25) is 0 Å². The first kappa shape index (κ1) is 19.1. The predicted molar refractivity (Wildman–Crippen MR) is 82.2 cm³/mol. The van der Waals surface area contributed by atoms with Gasteiger partial charge in [-0.2, -0.15) is 4.39 Å². The van der Waals surface area contributed by atoms with Gasteiger partial charge in [0.1, 0.15) is 0 Å². The molecule has 20 heavy (non-hydrogen) atoms. The van der Waals surface area contributed by atoms with Gasteiger partial charge in [-0.1, -0.05) is 26.2 Å². The van der Waals surface area contributed by atoms with Gasteiger partial charge >= 0.3 is 0 Å². The third kappa shape index (κ3) is 10.00. The molecule has 0 saturated carbocycles. The molecule has 2 atom stereocenters. The van der Waals surface area contributed by atoms with E-state index in [1.54, 1.807) is 13.8 Å². The van der Waals surface area contributed by atoms with Gasteiger partial charge in [-0.05, 0) is 45.1 Å². The van der Waals surface area contributed by atoms with Gasteiger partial charge in [-0.3, -0.25) is 0 Å². The van der Waals surface area contributed by atoms with E-state index < -0.39 is 0 Å². The summed E-state index contributed by atoms with van der Waals surface area (Å²) < 4.78 is 23.5. The van der Waals surface area contributed by atoms with Gasteiger partial charge in [0, 0.05) is 5.92 Å². The molecule has 0 aromatic heterocycles. The molecule has 2 unspecified atom stereocenters. The second kappa shape index (κ2) is 11.9. The highest BCUT2D eigenvalue weighted by atomic mass is 19.1. The Labute approximate surface area is 123 Å². The van der Waals surface area contributed by atoms with Crippen LogP contribution in [0.5, 0.6) is 0 Å². The molecule has 0 amide bonds. The van der Waals surface area contributed by atoms with Crippen LogP contribution in [0.4, 0.5) is 4.39 Å². The SMILES string of the molecule is CC#C/C(F)=C(/C)CCCC.CC1COCC(C)OC1. The van der Waals surface area contributed by atoms with Crippen molar-refractivity contribution in [2.24, 2.45) is 5.92 Å². The number of hydrogen-bond acceptors (Lipinski definition) is 2. The van der Waals surface area contributed by atoms with E-state index in [9.17, 15) is 4.39 Å². The lowest BCUT2D eigenvalue weighted by Gasteiger charge is -2.06. The quantitative estimate of drug-likeness (QED) is 0.710. The Morgan fingerprint density at radius 3 is 2.55 bits per heavy atom. The molecule has 1 rings (SSSR count). The third-order valence-corrected chi connectivity index (χ3v) is 2.93. The maximum absolute atomic E-state index is 12.8. The van der Waals surface area contributed by atoms with Crippen molar-refractivity contribution in [3.63, 3.8) is 0 Å². The summed E-state index contributed by atoms with van der Waals surface area (Å²) in [5.74, 6) is 5.27. The number of hydrogen-bond donors (Lipinski definition) is 0. The minimum Gasteiger partial charge on any atom is -0.378 e. The summed E-state index contributed by atoms with van der Waals surface area (Å²) >= 11 is 0. The van der Waals surface area contributed by atoms with Crippen molar-refractivity contribution in [3.8, 4) is 11.8 Å². The van der Waals surface area contributed by atoms with Crippen LogP contribution in [0.15, 0.2) is 11.4 Å². The van der Waals surface area contributed by atoms with E-state index in [0.29, 0.717) is 5.92 Å². The van der Waals surface area contributed by atoms with E-state index in [0.717, 1.165) is 44.7 Å². The summed E-state index contributed by atoms with van der Waals surface area (Å²) in [6, 6.07) is 0. The Balaban J connectivity index is 0.000000367. The van der Waals surface area contributed by atoms with Crippen LogP contribution in [-0.2, 0) is 9.47 Å². The van der Waals surface area contributed by atoms with E-state index in [1.807, 2.05) is 6.92 Å². The van der Waals surface area contributed by atoms with Gasteiger partial charge in [0.2, 0.25) is 0 Å². The molecule has 0 bridgehead atoms. The van der Waals surface area contributed by atoms with Crippen LogP contribution in [0.25, 0.3) is 0 Å². The molecule has 3 heteroatoms. The lowest BCUT2D eigenvalue weighted by molar-refractivity contribution is 0.0370. The smallest absolute Gasteiger partial charge is 0.172 e. The molecule has 2 nitrogen and oxygen atoms in total. The second-order valence-corrected chi connectivity index (χ2v) is 5.36. The van der Waals surface area contributed by atoms with Crippen molar-refractivity contribution in [3.05, 3.63) is 11.4 Å². The average Bonchev–Trinajstić information content (AvgIpc) is 2.61. The molecule has 0 N–H and O–H groups in total. The van der Waals surface area contributed by atoms with Crippen molar-refractivity contribution in [2.75, 3.05) is 19.8 Å². The first-order valence-electron chi connectivity index (χ1n) is 7.48. The lowest BCUT2D eigenvalue weighted by Crippen LogP contribution is -2.12. The predicted octanol–water partition coefficient (Wildman–Crippen LogP) is 4.50. The van der Waals surface area contributed by atoms with Gasteiger partial charge in [-0.25, -0.2) is 0 Å². The number of allylic oxidation sites excluding steroid dienone is 2. The largest absolute Gasteiger partial charge is 0.378 e. The van der Waals surface area contributed by atoms with E-state index in [-0.39, 0.29) is 11.9 Å². The summed E-state index contributed by atoms with van der Waals surface area (Å²) in [5.41, 5.74) is 0.779. The van der Waals surface area contributed by atoms with Crippen LogP contribution in [-0.4, -0.2) is 25.9 Å². The Hall–Kier alpha value is -0.850. The second-order valence-electron chi connectivity index (χ2n) is 5.36. The molecule has 1 aliphatic rings. The summed E-state index contributed by atoms with van der Waals surface area (Å²) in [4.78, 5) is 0. The zero-order valence-corrected chi connectivity index (χ0v) is 13.6. The summed E-state index contributed by atoms with van der Waals surface area (Å²) in [7, 11) is 0. The maximum atomic E-state index is 12.8. The topological polar surface area (TPSA) is 18.5 Å². The van der Waals surface area contributed by atoms with Crippen LogP contribution in [0, 0.1) is 17.8 Å². The highest BCUT2D eigenvalue weighted by Crippen LogP contribution is 2.12. The number of halogens is 1. The Kier molecular flexibility index (Phi) is 11.4. The van der Waals surface area contributed by atoms with Crippen LogP contribution >= 0.6 is 0 Å². The molecule has 1 heterocycles. The van der Waals surface area contributed by atoms with Crippen molar-refractivity contribution in [1.29, 1.82) is 0 Å². The molecule has 1 fully saturated rings. The highest BCUT2D eigenvalue weighted by Gasteiger charge is 2.11. The molecule has 1 aliphatic heterocycles. The Morgan fingerprint density at radius 2 is 1.95 bits per heavy atom. The van der Waals surface area contributed by atoms with E-state index in [4.69, 9.17) is 9.47 Å². The van der Waals surface area contributed by atoms with E-state index >= 15 is 0 Å². The maximum Gasteiger partial charge on any atom is 0.172 e. The Morgan fingerprint density at radius 1 is 1.25 bits per heavy atom. The van der Waals surface area contributed by atoms with Crippen molar-refractivity contribution in [2.45, 2.75) is 60.0 Å². The van der Waals surface area contributed by atoms with Crippen molar-refractivity contribution in [1.82, 2.24) is 0 Å². The van der Waals surface area contributed by atoms with Gasteiger partial charge in [0.05, 0.1) is 25.9 Å². The monoisotopic (exact) mass is 284 g/mol. The standard InChI is InChI=1S/C10H15F.C7H14O2/c1-4-6-8-9(3)10(11)7-5-2;1-6-3-8-5-7(2)9-4-6/h4,6,8H2,1-3H3;6-7H,3-5H2,1-2H3/b10-9+;. The van der Waals surface area contributed by atoms with Crippen molar-refractivity contribution >= 4 is 0 Å². The van der Waals surface area contributed by atoms with Gasteiger partial charge in [0.15, 0.2) is 5.83 Å². The van der Waals surface area contributed by atoms with Crippen LogP contribution in [0.3, 0.4) is 0 Å². The fraction of sp³-hybridized carbons (Fsp3) is 0.765. The molecule has 1 saturated heterocycles. The highest BCUT2D eigenvalue weighted by molar-refractivity contribution is 5.26. The number of ether oxygens (including phenoxy) is 2. The average molecular weight is 284 g/mol. The molecule has 0 radical (unpaired) electrons. The van der Waals surface area contributed by atoms with Crippen LogP contribution < -0.4 is 0 Å². The molecular weight excluding hydrogens is 255 g/mol. The van der Waals surface area contributed by atoms with Gasteiger partial charge in [0.25, 0.3) is 0 Å². The minimum absolute atomic E-state index is 0.249. The summed E-state index contributed by atoms with van der Waals surface area (Å²) in [6.45, 7) is 12.2. The van der Waals surface area contributed by atoms with E-state index in [1.165, 1.54) is 0 Å². The van der Waals surface area contributed by atoms with Gasteiger partial charge in [-0.15, -0.1) is 0 Å². The summed E-state index contributed by atoms with van der Waals surface area (Å²) in [6.07, 6.45) is 3.27. The fourth-order valence-corrected chi connectivity index (χ4v) is 1.63. The Bertz CT molecular complexity index is 329. The van der Waals surface area contributed by atoms with Gasteiger partial charge < -0.3 is 9.47 Å². The van der Waals surface area contributed by atoms with E-state index in [2.05, 4.69) is 25.7 Å². The molecule has 0 aromatic rings. The van der Waals surface area contributed by atoms with Crippen molar-refractivity contribution < 1.29 is 13.9 Å². The molecule has 0 aromatic carbocycles. The number of unbranched alkanes of at least 4 members (excludes halogenated alkanes) is 1. The third-order valence-electron chi connectivity index (χ3n) is 2.93. The lowest BCUT2D eigenvalue weighted by atomic mass is 10.1. The van der Waals surface area contributed by atoms with Crippen LogP contribution in [0.1, 0.15) is 53.9 Å². The normalized spacial score (nSPS) is 23.5. The first-order valence-corrected chi connectivity index (χ1v) is 7.48. The molecular formula is C17H29FO2. The zero-order valence-electron chi connectivity index (χ0n) is 13.6. The summed E-state index contributed by atoms with van der Waals surface area (Å²) in [5, 5.41) is 0. The first-order chi connectivity index (χ1) is 9.51. The molecule has 0 aliphatic carbocycles. The fourth-order valence-electron chi connectivity index (χ4n) is 1.63. The molecule has 0 spiro atoms. The minimum atomic E-state index is -0.249.